The molecule has 1 aliphatic rings. The quantitative estimate of drug-likeness (QED) is 0.641. The van der Waals surface area contributed by atoms with Gasteiger partial charge < -0.3 is 10.4 Å². The third-order valence-electron chi connectivity index (χ3n) is 6.36. The SMILES string of the molecule is Cn1nc(-c2c(F)cc(C(=O)NC3CCC(C(C)(C)O)CC3)cc2F)c2ccccc21. The number of rotatable bonds is 4. The van der Waals surface area contributed by atoms with Crippen molar-refractivity contribution in [3.63, 3.8) is 0 Å². The van der Waals surface area contributed by atoms with Crippen LogP contribution >= 0.6 is 0 Å². The highest BCUT2D eigenvalue weighted by molar-refractivity contribution is 5.97. The van der Waals surface area contributed by atoms with Gasteiger partial charge in [-0.25, -0.2) is 8.78 Å². The summed E-state index contributed by atoms with van der Waals surface area (Å²) in [6.45, 7) is 3.60. The molecule has 1 heterocycles. The van der Waals surface area contributed by atoms with Crippen molar-refractivity contribution in [3.8, 4) is 11.3 Å². The summed E-state index contributed by atoms with van der Waals surface area (Å²) < 4.78 is 31.5. The molecular formula is C24H27F2N3O2. The standard InChI is InChI=1S/C24H27F2N3O2/c1-24(2,31)15-8-10-16(11-9-15)27-23(30)14-12-18(25)21(19(26)13-14)22-17-6-4-5-7-20(17)29(3)28-22/h4-7,12-13,15-16,31H,8-11H2,1-3H3,(H,27,30). The average molecular weight is 427 g/mol. The summed E-state index contributed by atoms with van der Waals surface area (Å²) in [6.07, 6.45) is 3.04. The van der Waals surface area contributed by atoms with Crippen LogP contribution in [0.2, 0.25) is 0 Å². The fourth-order valence-electron chi connectivity index (χ4n) is 4.54. The normalized spacial score (nSPS) is 19.5. The van der Waals surface area contributed by atoms with E-state index < -0.39 is 23.1 Å². The summed E-state index contributed by atoms with van der Waals surface area (Å²) >= 11 is 0. The molecule has 0 aliphatic heterocycles. The molecule has 2 aromatic carbocycles. The van der Waals surface area contributed by atoms with Gasteiger partial charge in [-0.05, 0) is 63.6 Å². The van der Waals surface area contributed by atoms with Crippen molar-refractivity contribution in [2.45, 2.75) is 51.2 Å². The number of carbonyl (C=O) groups excluding carboxylic acids is 1. The number of benzene rings is 2. The Balaban J connectivity index is 1.54. The number of aryl methyl sites for hydroxylation is 1. The lowest BCUT2D eigenvalue weighted by atomic mass is 9.77. The van der Waals surface area contributed by atoms with Crippen LogP contribution in [0.4, 0.5) is 8.78 Å². The Hall–Kier alpha value is -2.80. The molecule has 1 aromatic heterocycles. The summed E-state index contributed by atoms with van der Waals surface area (Å²) in [5, 5.41) is 18.0. The van der Waals surface area contributed by atoms with Crippen LogP contribution in [0.15, 0.2) is 36.4 Å². The lowest BCUT2D eigenvalue weighted by Crippen LogP contribution is -2.41. The lowest BCUT2D eigenvalue weighted by Gasteiger charge is -2.36. The van der Waals surface area contributed by atoms with Crippen LogP contribution in [0.1, 0.15) is 49.9 Å². The second-order valence-electron chi connectivity index (χ2n) is 8.98. The molecular weight excluding hydrogens is 400 g/mol. The molecule has 5 nitrogen and oxygen atoms in total. The van der Waals surface area contributed by atoms with Crippen molar-refractivity contribution in [1.29, 1.82) is 0 Å². The molecule has 31 heavy (non-hydrogen) atoms. The van der Waals surface area contributed by atoms with Crippen LogP contribution < -0.4 is 5.32 Å². The highest BCUT2D eigenvalue weighted by Gasteiger charge is 2.32. The fraction of sp³-hybridized carbons (Fsp3) is 0.417. The highest BCUT2D eigenvalue weighted by Crippen LogP contribution is 2.34. The number of aromatic nitrogens is 2. The number of fused-ring (bicyclic) bond motifs is 1. The zero-order chi connectivity index (χ0) is 22.3. The smallest absolute Gasteiger partial charge is 0.251 e. The van der Waals surface area contributed by atoms with Crippen LogP contribution in [0.25, 0.3) is 22.2 Å². The number of hydrogen-bond acceptors (Lipinski definition) is 3. The number of carbonyl (C=O) groups is 1. The van der Waals surface area contributed by atoms with Gasteiger partial charge >= 0.3 is 0 Å². The first-order valence-corrected chi connectivity index (χ1v) is 10.6. The van der Waals surface area contributed by atoms with Crippen molar-refractivity contribution in [1.82, 2.24) is 15.1 Å². The number of para-hydroxylation sites is 1. The molecule has 0 bridgehead atoms. The molecule has 0 spiro atoms. The first-order chi connectivity index (χ1) is 14.6. The van der Waals surface area contributed by atoms with Gasteiger partial charge in [-0.2, -0.15) is 5.10 Å². The molecule has 0 unspecified atom stereocenters. The molecule has 0 atom stereocenters. The van der Waals surface area contributed by atoms with E-state index in [9.17, 15) is 18.7 Å². The highest BCUT2D eigenvalue weighted by atomic mass is 19.1. The van der Waals surface area contributed by atoms with Gasteiger partial charge in [0.1, 0.15) is 17.3 Å². The summed E-state index contributed by atoms with van der Waals surface area (Å²) in [5.41, 5.74) is -0.0559. The van der Waals surface area contributed by atoms with Gasteiger partial charge in [-0.3, -0.25) is 9.48 Å². The van der Waals surface area contributed by atoms with Crippen molar-refractivity contribution < 1.29 is 18.7 Å². The Morgan fingerprint density at radius 1 is 1.13 bits per heavy atom. The molecule has 2 N–H and O–H groups in total. The van der Waals surface area contributed by atoms with E-state index in [2.05, 4.69) is 10.4 Å². The third kappa shape index (κ3) is 4.19. The molecule has 0 radical (unpaired) electrons. The number of amides is 1. The Bertz CT molecular complexity index is 1100. The van der Waals surface area contributed by atoms with E-state index >= 15 is 0 Å². The zero-order valence-electron chi connectivity index (χ0n) is 18.0. The molecule has 0 saturated heterocycles. The zero-order valence-corrected chi connectivity index (χ0v) is 18.0. The summed E-state index contributed by atoms with van der Waals surface area (Å²) in [4.78, 5) is 12.6. The lowest BCUT2D eigenvalue weighted by molar-refractivity contribution is -0.00257. The molecule has 4 rings (SSSR count). The number of aliphatic hydroxyl groups is 1. The maximum atomic E-state index is 15.0. The van der Waals surface area contributed by atoms with Crippen molar-refractivity contribution in [2.75, 3.05) is 0 Å². The molecule has 1 aliphatic carbocycles. The van der Waals surface area contributed by atoms with Crippen LogP contribution in [0.3, 0.4) is 0 Å². The molecule has 1 fully saturated rings. The van der Waals surface area contributed by atoms with Gasteiger partial charge in [0.15, 0.2) is 0 Å². The molecule has 164 valence electrons. The average Bonchev–Trinajstić information content (AvgIpc) is 3.04. The number of halogens is 2. The third-order valence-corrected chi connectivity index (χ3v) is 6.36. The Labute approximate surface area is 180 Å². The van der Waals surface area contributed by atoms with Gasteiger partial charge in [0.2, 0.25) is 0 Å². The topological polar surface area (TPSA) is 67.2 Å². The van der Waals surface area contributed by atoms with Gasteiger partial charge in [0, 0.05) is 24.0 Å². The van der Waals surface area contributed by atoms with Crippen molar-refractivity contribution >= 4 is 16.8 Å². The minimum atomic E-state index is -0.820. The first-order valence-electron chi connectivity index (χ1n) is 10.6. The number of nitrogens with one attached hydrogen (secondary N) is 1. The predicted molar refractivity (Wildman–Crippen MR) is 116 cm³/mol. The van der Waals surface area contributed by atoms with Crippen molar-refractivity contribution in [2.24, 2.45) is 13.0 Å². The van der Waals surface area contributed by atoms with E-state index in [4.69, 9.17) is 0 Å². The van der Waals surface area contributed by atoms with Gasteiger partial charge in [-0.1, -0.05) is 18.2 Å². The van der Waals surface area contributed by atoms with Crippen LogP contribution in [0.5, 0.6) is 0 Å². The van der Waals surface area contributed by atoms with Crippen LogP contribution in [-0.2, 0) is 7.05 Å². The predicted octanol–water partition coefficient (Wildman–Crippen LogP) is 4.58. The molecule has 1 amide bonds. The van der Waals surface area contributed by atoms with E-state index in [1.54, 1.807) is 37.7 Å². The Kier molecular flexibility index (Phi) is 5.56. The second-order valence-corrected chi connectivity index (χ2v) is 8.98. The second kappa shape index (κ2) is 8.04. The van der Waals surface area contributed by atoms with Crippen LogP contribution in [0, 0.1) is 17.6 Å². The number of nitrogens with zero attached hydrogens (tertiary/aromatic N) is 2. The van der Waals surface area contributed by atoms with E-state index in [0.717, 1.165) is 43.3 Å². The summed E-state index contributed by atoms with van der Waals surface area (Å²) in [7, 11) is 1.72. The van der Waals surface area contributed by atoms with E-state index in [1.807, 2.05) is 12.1 Å². The summed E-state index contributed by atoms with van der Waals surface area (Å²) in [5.74, 6) is -1.95. The molecule has 3 aromatic rings. The van der Waals surface area contributed by atoms with Crippen LogP contribution in [-0.4, -0.2) is 32.4 Å². The van der Waals surface area contributed by atoms with E-state index in [1.165, 1.54) is 0 Å². The van der Waals surface area contributed by atoms with E-state index in [-0.39, 0.29) is 28.8 Å². The minimum absolute atomic E-state index is 0.0522. The van der Waals surface area contributed by atoms with Gasteiger partial charge in [0.25, 0.3) is 5.91 Å². The Morgan fingerprint density at radius 2 is 1.74 bits per heavy atom. The Morgan fingerprint density at radius 3 is 2.35 bits per heavy atom. The maximum absolute atomic E-state index is 15.0. The first kappa shape index (κ1) is 21.4. The minimum Gasteiger partial charge on any atom is -0.390 e. The molecule has 7 heteroatoms. The fourth-order valence-corrected chi connectivity index (χ4v) is 4.54. The summed E-state index contributed by atoms with van der Waals surface area (Å²) in [6, 6.07) is 9.29. The van der Waals surface area contributed by atoms with Gasteiger partial charge in [0.05, 0.1) is 16.7 Å². The van der Waals surface area contributed by atoms with Gasteiger partial charge in [-0.15, -0.1) is 0 Å². The largest absolute Gasteiger partial charge is 0.390 e. The van der Waals surface area contributed by atoms with E-state index in [0.29, 0.717) is 5.39 Å². The van der Waals surface area contributed by atoms with Crippen molar-refractivity contribution in [3.05, 3.63) is 53.6 Å². The number of hydrogen-bond donors (Lipinski definition) is 2. The monoisotopic (exact) mass is 427 g/mol. The molecule has 1 saturated carbocycles. The maximum Gasteiger partial charge on any atom is 0.251 e.